The van der Waals surface area contributed by atoms with Gasteiger partial charge in [0.25, 0.3) is 5.91 Å². The van der Waals surface area contributed by atoms with Crippen molar-refractivity contribution in [3.05, 3.63) is 58.7 Å². The van der Waals surface area contributed by atoms with Gasteiger partial charge in [-0.25, -0.2) is 9.97 Å². The number of hydrogen-bond acceptors (Lipinski definition) is 6. The van der Waals surface area contributed by atoms with Gasteiger partial charge in [-0.05, 0) is 18.6 Å². The standard InChI is InChI=1S/C19H20N4O2S/c24-18-10-23(9-14-11-26-12-20-14)8-7-16(18)22-19(25)17-6-5-13-3-1-2-4-15(13)21-17/h1-6,11-12,16,18,24H,7-10H2,(H,22,25)/t16-,18-/m1/s1. The first-order valence-corrected chi connectivity index (χ1v) is 9.57. The van der Waals surface area contributed by atoms with Gasteiger partial charge < -0.3 is 10.4 Å². The van der Waals surface area contributed by atoms with Crippen LogP contribution >= 0.6 is 11.3 Å². The fraction of sp³-hybridized carbons (Fsp3) is 0.316. The highest BCUT2D eigenvalue weighted by molar-refractivity contribution is 7.07. The number of thiazole rings is 1. The number of amides is 1. The molecule has 0 spiro atoms. The molecule has 0 radical (unpaired) electrons. The third-order valence-electron chi connectivity index (χ3n) is 4.68. The van der Waals surface area contributed by atoms with Crippen LogP contribution in [0.3, 0.4) is 0 Å². The smallest absolute Gasteiger partial charge is 0.270 e. The molecule has 2 atom stereocenters. The Kier molecular flexibility index (Phi) is 4.92. The summed E-state index contributed by atoms with van der Waals surface area (Å²) in [6, 6.07) is 11.1. The number of benzene rings is 1. The number of carbonyl (C=O) groups excluding carboxylic acids is 1. The summed E-state index contributed by atoms with van der Waals surface area (Å²) in [5.41, 5.74) is 4.00. The number of aromatic nitrogens is 2. The van der Waals surface area contributed by atoms with Gasteiger partial charge in [-0.3, -0.25) is 9.69 Å². The zero-order valence-corrected chi connectivity index (χ0v) is 15.0. The molecule has 6 nitrogen and oxygen atoms in total. The predicted octanol–water partition coefficient (Wildman–Crippen LogP) is 2.06. The third-order valence-corrected chi connectivity index (χ3v) is 5.32. The molecule has 1 aliphatic heterocycles. The molecule has 1 amide bonds. The van der Waals surface area contributed by atoms with Gasteiger partial charge in [-0.2, -0.15) is 0 Å². The maximum atomic E-state index is 12.5. The van der Waals surface area contributed by atoms with Crippen LogP contribution in [0.25, 0.3) is 10.9 Å². The van der Waals surface area contributed by atoms with E-state index in [2.05, 4.69) is 20.2 Å². The molecule has 2 aromatic heterocycles. The zero-order valence-electron chi connectivity index (χ0n) is 14.2. The number of pyridine rings is 1. The number of fused-ring (bicyclic) bond motifs is 1. The van der Waals surface area contributed by atoms with Crippen LogP contribution in [-0.4, -0.2) is 51.1 Å². The first kappa shape index (κ1) is 17.1. The minimum absolute atomic E-state index is 0.243. The Balaban J connectivity index is 1.38. The second kappa shape index (κ2) is 7.49. The molecule has 7 heteroatoms. The Bertz CT molecular complexity index is 899. The minimum Gasteiger partial charge on any atom is -0.390 e. The summed E-state index contributed by atoms with van der Waals surface area (Å²) in [5, 5.41) is 16.4. The number of aliphatic hydroxyl groups excluding tert-OH is 1. The number of aliphatic hydroxyl groups is 1. The second-order valence-electron chi connectivity index (χ2n) is 6.54. The lowest BCUT2D eigenvalue weighted by Gasteiger charge is -2.35. The minimum atomic E-state index is -0.605. The summed E-state index contributed by atoms with van der Waals surface area (Å²) in [7, 11) is 0. The molecule has 3 aromatic rings. The Morgan fingerprint density at radius 3 is 3.00 bits per heavy atom. The quantitative estimate of drug-likeness (QED) is 0.737. The van der Waals surface area contributed by atoms with E-state index in [9.17, 15) is 9.90 Å². The highest BCUT2D eigenvalue weighted by Gasteiger charge is 2.29. The summed E-state index contributed by atoms with van der Waals surface area (Å²) in [5.74, 6) is -0.243. The van der Waals surface area contributed by atoms with Crippen molar-refractivity contribution in [2.24, 2.45) is 0 Å². The SMILES string of the molecule is O=C(N[C@@H]1CCN(Cc2cscn2)C[C@H]1O)c1ccc2ccccc2n1. The number of para-hydroxylation sites is 1. The normalized spacial score (nSPS) is 21.0. The van der Waals surface area contributed by atoms with E-state index < -0.39 is 6.10 Å². The van der Waals surface area contributed by atoms with Gasteiger partial charge in [0.2, 0.25) is 0 Å². The maximum Gasteiger partial charge on any atom is 0.270 e. The molecule has 0 saturated carbocycles. The van der Waals surface area contributed by atoms with Crippen LogP contribution in [0.5, 0.6) is 0 Å². The van der Waals surface area contributed by atoms with Crippen molar-refractivity contribution in [2.45, 2.75) is 25.1 Å². The third kappa shape index (κ3) is 3.75. The predicted molar refractivity (Wildman–Crippen MR) is 101 cm³/mol. The van der Waals surface area contributed by atoms with Gasteiger partial charge in [0, 0.05) is 30.4 Å². The molecule has 3 heterocycles. The maximum absolute atomic E-state index is 12.5. The molecule has 4 rings (SSSR count). The molecule has 1 aliphatic rings. The van der Waals surface area contributed by atoms with Gasteiger partial charge >= 0.3 is 0 Å². The van der Waals surface area contributed by atoms with Crippen molar-refractivity contribution in [1.82, 2.24) is 20.2 Å². The molecule has 0 aliphatic carbocycles. The largest absolute Gasteiger partial charge is 0.390 e. The van der Waals surface area contributed by atoms with E-state index in [1.807, 2.05) is 41.2 Å². The fourth-order valence-corrected chi connectivity index (χ4v) is 3.84. The summed E-state index contributed by atoms with van der Waals surface area (Å²) in [4.78, 5) is 23.4. The molecule has 134 valence electrons. The topological polar surface area (TPSA) is 78.4 Å². The molecule has 2 N–H and O–H groups in total. The molecule has 1 saturated heterocycles. The molecular weight excluding hydrogens is 348 g/mol. The van der Waals surface area contributed by atoms with Gasteiger partial charge in [-0.1, -0.05) is 24.3 Å². The van der Waals surface area contributed by atoms with Crippen LogP contribution in [0.1, 0.15) is 22.6 Å². The molecule has 1 aromatic carbocycles. The van der Waals surface area contributed by atoms with E-state index in [1.54, 1.807) is 17.4 Å². The summed E-state index contributed by atoms with van der Waals surface area (Å²) in [6.07, 6.45) is 0.0942. The number of carbonyl (C=O) groups is 1. The summed E-state index contributed by atoms with van der Waals surface area (Å²) in [6.45, 7) is 2.06. The molecule has 26 heavy (non-hydrogen) atoms. The van der Waals surface area contributed by atoms with Gasteiger partial charge in [0.1, 0.15) is 5.69 Å². The average molecular weight is 368 g/mol. The van der Waals surface area contributed by atoms with Crippen LogP contribution in [0.15, 0.2) is 47.3 Å². The zero-order chi connectivity index (χ0) is 17.9. The van der Waals surface area contributed by atoms with E-state index in [4.69, 9.17) is 0 Å². The molecular formula is C19H20N4O2S. The summed E-state index contributed by atoms with van der Waals surface area (Å²) < 4.78 is 0. The van der Waals surface area contributed by atoms with Crippen molar-refractivity contribution >= 4 is 28.1 Å². The Hall–Kier alpha value is -2.35. The number of hydrogen-bond donors (Lipinski definition) is 2. The van der Waals surface area contributed by atoms with Crippen LogP contribution < -0.4 is 5.32 Å². The van der Waals surface area contributed by atoms with Crippen molar-refractivity contribution in [3.63, 3.8) is 0 Å². The molecule has 1 fully saturated rings. The van der Waals surface area contributed by atoms with Crippen LogP contribution in [-0.2, 0) is 6.54 Å². The lowest BCUT2D eigenvalue weighted by atomic mass is 10.0. The lowest BCUT2D eigenvalue weighted by Crippen LogP contribution is -2.53. The van der Waals surface area contributed by atoms with Crippen LogP contribution in [0.4, 0.5) is 0 Å². The first-order valence-electron chi connectivity index (χ1n) is 8.63. The number of likely N-dealkylation sites (tertiary alicyclic amines) is 1. The molecule has 0 bridgehead atoms. The van der Waals surface area contributed by atoms with Crippen molar-refractivity contribution in [1.29, 1.82) is 0 Å². The lowest BCUT2D eigenvalue weighted by molar-refractivity contribution is 0.0345. The second-order valence-corrected chi connectivity index (χ2v) is 7.26. The van der Waals surface area contributed by atoms with Crippen molar-refractivity contribution in [2.75, 3.05) is 13.1 Å². The number of β-amino-alcohol motifs (C(OH)–C–C–N with tert-alkyl or cyclic N) is 1. The van der Waals surface area contributed by atoms with Gasteiger partial charge in [0.05, 0.1) is 28.9 Å². The van der Waals surface area contributed by atoms with E-state index in [0.717, 1.165) is 29.7 Å². The first-order chi connectivity index (χ1) is 12.7. The Labute approximate surface area is 155 Å². The van der Waals surface area contributed by atoms with E-state index in [0.29, 0.717) is 18.7 Å². The van der Waals surface area contributed by atoms with E-state index >= 15 is 0 Å². The van der Waals surface area contributed by atoms with Crippen molar-refractivity contribution in [3.8, 4) is 0 Å². The van der Waals surface area contributed by atoms with Crippen LogP contribution in [0, 0.1) is 0 Å². The monoisotopic (exact) mass is 368 g/mol. The van der Waals surface area contributed by atoms with Gasteiger partial charge in [-0.15, -0.1) is 11.3 Å². The Morgan fingerprint density at radius 2 is 2.19 bits per heavy atom. The van der Waals surface area contributed by atoms with Crippen LogP contribution in [0.2, 0.25) is 0 Å². The molecule has 0 unspecified atom stereocenters. The van der Waals surface area contributed by atoms with E-state index in [1.165, 1.54) is 0 Å². The van der Waals surface area contributed by atoms with Crippen molar-refractivity contribution < 1.29 is 9.90 Å². The highest BCUT2D eigenvalue weighted by Crippen LogP contribution is 2.16. The number of piperidine rings is 1. The fourth-order valence-electron chi connectivity index (χ4n) is 3.29. The van der Waals surface area contributed by atoms with E-state index in [-0.39, 0.29) is 11.9 Å². The number of nitrogens with one attached hydrogen (secondary N) is 1. The number of rotatable bonds is 4. The Morgan fingerprint density at radius 1 is 1.31 bits per heavy atom. The van der Waals surface area contributed by atoms with Gasteiger partial charge in [0.15, 0.2) is 0 Å². The average Bonchev–Trinajstić information content (AvgIpc) is 3.16. The number of nitrogens with zero attached hydrogens (tertiary/aromatic N) is 3. The summed E-state index contributed by atoms with van der Waals surface area (Å²) >= 11 is 1.57. The highest BCUT2D eigenvalue weighted by atomic mass is 32.1.